The standard InChI is InChI=1S/C18H21N3O2/c1-12-6-7-13(11-22)10-16(12)21-18(23)15-8-9-19-17(20-15)14-4-2-3-5-14/h6-10,14,22H,2-5,11H2,1H3,(H,21,23). The maximum atomic E-state index is 12.5. The SMILES string of the molecule is Cc1ccc(CO)cc1NC(=O)c1ccnc(C2CCCC2)n1. The molecule has 0 aliphatic heterocycles. The third-order valence-corrected chi connectivity index (χ3v) is 4.36. The Labute approximate surface area is 135 Å². The normalized spacial score (nSPS) is 14.9. The average molecular weight is 311 g/mol. The minimum atomic E-state index is -0.246. The maximum absolute atomic E-state index is 12.5. The Morgan fingerprint density at radius 2 is 2.09 bits per heavy atom. The average Bonchev–Trinajstić information content (AvgIpc) is 3.11. The fourth-order valence-electron chi connectivity index (χ4n) is 2.97. The van der Waals surface area contributed by atoms with Crippen LogP contribution in [0.15, 0.2) is 30.5 Å². The van der Waals surface area contributed by atoms with Gasteiger partial charge in [0.15, 0.2) is 0 Å². The van der Waals surface area contributed by atoms with Crippen molar-refractivity contribution < 1.29 is 9.90 Å². The maximum Gasteiger partial charge on any atom is 0.274 e. The molecule has 2 aromatic rings. The van der Waals surface area contributed by atoms with Gasteiger partial charge >= 0.3 is 0 Å². The van der Waals surface area contributed by atoms with Gasteiger partial charge in [-0.1, -0.05) is 25.0 Å². The quantitative estimate of drug-likeness (QED) is 0.909. The highest BCUT2D eigenvalue weighted by Crippen LogP contribution is 2.31. The first-order valence-electron chi connectivity index (χ1n) is 8.02. The van der Waals surface area contributed by atoms with Gasteiger partial charge in [-0.2, -0.15) is 0 Å². The fourth-order valence-corrected chi connectivity index (χ4v) is 2.97. The van der Waals surface area contributed by atoms with E-state index in [1.807, 2.05) is 19.1 Å². The molecule has 3 rings (SSSR count). The van der Waals surface area contributed by atoms with Gasteiger partial charge in [-0.25, -0.2) is 9.97 Å². The van der Waals surface area contributed by atoms with E-state index in [1.54, 1.807) is 18.3 Å². The van der Waals surface area contributed by atoms with Crippen molar-refractivity contribution >= 4 is 11.6 Å². The van der Waals surface area contributed by atoms with Crippen molar-refractivity contribution in [3.63, 3.8) is 0 Å². The molecule has 0 unspecified atom stereocenters. The largest absolute Gasteiger partial charge is 0.392 e. The number of aryl methyl sites for hydroxylation is 1. The minimum absolute atomic E-state index is 0.0531. The zero-order chi connectivity index (χ0) is 16.2. The second-order valence-corrected chi connectivity index (χ2v) is 6.04. The third-order valence-electron chi connectivity index (χ3n) is 4.36. The van der Waals surface area contributed by atoms with Crippen molar-refractivity contribution in [1.82, 2.24) is 9.97 Å². The molecule has 23 heavy (non-hydrogen) atoms. The van der Waals surface area contributed by atoms with Gasteiger partial charge in [0.2, 0.25) is 0 Å². The lowest BCUT2D eigenvalue weighted by Gasteiger charge is -2.11. The number of aliphatic hydroxyl groups is 1. The minimum Gasteiger partial charge on any atom is -0.392 e. The molecule has 1 aromatic heterocycles. The van der Waals surface area contributed by atoms with Crippen molar-refractivity contribution in [2.24, 2.45) is 0 Å². The lowest BCUT2D eigenvalue weighted by molar-refractivity contribution is 0.102. The van der Waals surface area contributed by atoms with Crippen LogP contribution in [0.25, 0.3) is 0 Å². The van der Waals surface area contributed by atoms with Crippen molar-refractivity contribution in [2.75, 3.05) is 5.32 Å². The molecule has 1 aliphatic carbocycles. The lowest BCUT2D eigenvalue weighted by Crippen LogP contribution is -2.16. The summed E-state index contributed by atoms with van der Waals surface area (Å²) in [5, 5.41) is 12.1. The summed E-state index contributed by atoms with van der Waals surface area (Å²) in [6.45, 7) is 1.86. The van der Waals surface area contributed by atoms with Gasteiger partial charge in [-0.15, -0.1) is 0 Å². The van der Waals surface area contributed by atoms with Gasteiger partial charge in [0, 0.05) is 17.8 Å². The van der Waals surface area contributed by atoms with Gasteiger partial charge in [0.05, 0.1) is 6.61 Å². The molecule has 0 spiro atoms. The Hall–Kier alpha value is -2.27. The van der Waals surface area contributed by atoms with E-state index >= 15 is 0 Å². The predicted octanol–water partition coefficient (Wildman–Crippen LogP) is 3.19. The van der Waals surface area contributed by atoms with E-state index in [1.165, 1.54) is 12.8 Å². The molecule has 1 aliphatic rings. The number of nitrogens with zero attached hydrogens (tertiary/aromatic N) is 2. The van der Waals surface area contributed by atoms with Gasteiger partial charge < -0.3 is 10.4 Å². The summed E-state index contributed by atoms with van der Waals surface area (Å²) in [5.41, 5.74) is 2.79. The van der Waals surface area contributed by atoms with Crippen LogP contribution in [-0.2, 0) is 6.61 Å². The van der Waals surface area contributed by atoms with Crippen molar-refractivity contribution in [2.45, 2.75) is 45.1 Å². The summed E-state index contributed by atoms with van der Waals surface area (Å²) < 4.78 is 0. The number of aromatic nitrogens is 2. The first-order valence-corrected chi connectivity index (χ1v) is 8.02. The Kier molecular flexibility index (Phi) is 4.67. The van der Waals surface area contributed by atoms with E-state index in [4.69, 9.17) is 0 Å². The molecule has 0 radical (unpaired) electrons. The topological polar surface area (TPSA) is 75.1 Å². The molecule has 120 valence electrons. The van der Waals surface area contributed by atoms with Crippen molar-refractivity contribution in [1.29, 1.82) is 0 Å². The number of hydrogen-bond acceptors (Lipinski definition) is 4. The first-order chi connectivity index (χ1) is 11.2. The molecule has 1 saturated carbocycles. The second kappa shape index (κ2) is 6.87. The van der Waals surface area contributed by atoms with Crippen LogP contribution in [0.1, 0.15) is 59.0 Å². The molecule has 1 heterocycles. The lowest BCUT2D eigenvalue weighted by atomic mass is 10.1. The van der Waals surface area contributed by atoms with Gasteiger partial charge in [-0.3, -0.25) is 4.79 Å². The zero-order valence-corrected chi connectivity index (χ0v) is 13.2. The first kappa shape index (κ1) is 15.6. The molecule has 2 N–H and O–H groups in total. The van der Waals surface area contributed by atoms with E-state index in [0.29, 0.717) is 17.3 Å². The van der Waals surface area contributed by atoms with Crippen LogP contribution < -0.4 is 5.32 Å². The Bertz CT molecular complexity index is 709. The van der Waals surface area contributed by atoms with Crippen LogP contribution in [0.2, 0.25) is 0 Å². The number of carbonyl (C=O) groups is 1. The number of amides is 1. The summed E-state index contributed by atoms with van der Waals surface area (Å²) >= 11 is 0. The predicted molar refractivity (Wildman–Crippen MR) is 88.3 cm³/mol. The number of benzene rings is 1. The highest BCUT2D eigenvalue weighted by molar-refractivity contribution is 6.03. The zero-order valence-electron chi connectivity index (χ0n) is 13.2. The number of nitrogens with one attached hydrogen (secondary N) is 1. The Morgan fingerprint density at radius 3 is 2.83 bits per heavy atom. The number of hydrogen-bond donors (Lipinski definition) is 2. The van der Waals surface area contributed by atoms with Crippen LogP contribution >= 0.6 is 0 Å². The molecule has 0 bridgehead atoms. The van der Waals surface area contributed by atoms with Crippen LogP contribution in [0.5, 0.6) is 0 Å². The summed E-state index contributed by atoms with van der Waals surface area (Å²) in [6, 6.07) is 7.14. The van der Waals surface area contributed by atoms with Crippen LogP contribution in [0.3, 0.4) is 0 Å². The molecular formula is C18H21N3O2. The number of anilines is 1. The van der Waals surface area contributed by atoms with E-state index in [9.17, 15) is 9.90 Å². The molecule has 1 fully saturated rings. The van der Waals surface area contributed by atoms with Crippen molar-refractivity contribution in [3.05, 3.63) is 53.1 Å². The fraction of sp³-hybridized carbons (Fsp3) is 0.389. The molecular weight excluding hydrogens is 290 g/mol. The molecule has 5 heteroatoms. The molecule has 5 nitrogen and oxygen atoms in total. The van der Waals surface area contributed by atoms with Gasteiger partial charge in [0.25, 0.3) is 5.91 Å². The smallest absolute Gasteiger partial charge is 0.274 e. The van der Waals surface area contributed by atoms with E-state index in [2.05, 4.69) is 15.3 Å². The van der Waals surface area contributed by atoms with Crippen LogP contribution in [0, 0.1) is 6.92 Å². The Morgan fingerprint density at radius 1 is 1.30 bits per heavy atom. The summed E-state index contributed by atoms with van der Waals surface area (Å²) in [5.74, 6) is 0.906. The van der Waals surface area contributed by atoms with Gasteiger partial charge in [0.1, 0.15) is 11.5 Å². The summed E-state index contributed by atoms with van der Waals surface area (Å²) in [7, 11) is 0. The summed E-state index contributed by atoms with van der Waals surface area (Å²) in [4.78, 5) is 21.3. The molecule has 0 saturated heterocycles. The molecule has 0 atom stereocenters. The van der Waals surface area contributed by atoms with Crippen LogP contribution in [0.4, 0.5) is 5.69 Å². The van der Waals surface area contributed by atoms with Gasteiger partial charge in [-0.05, 0) is 43.0 Å². The highest BCUT2D eigenvalue weighted by Gasteiger charge is 2.21. The highest BCUT2D eigenvalue weighted by atomic mass is 16.3. The van der Waals surface area contributed by atoms with Crippen LogP contribution in [-0.4, -0.2) is 21.0 Å². The molecule has 1 aromatic carbocycles. The number of carbonyl (C=O) groups excluding carboxylic acids is 1. The van der Waals surface area contributed by atoms with E-state index < -0.39 is 0 Å². The molecule has 1 amide bonds. The third kappa shape index (κ3) is 3.56. The van der Waals surface area contributed by atoms with E-state index in [0.717, 1.165) is 29.8 Å². The number of aliphatic hydroxyl groups excluding tert-OH is 1. The van der Waals surface area contributed by atoms with Crippen molar-refractivity contribution in [3.8, 4) is 0 Å². The van der Waals surface area contributed by atoms with E-state index in [-0.39, 0.29) is 12.5 Å². The summed E-state index contributed by atoms with van der Waals surface area (Å²) in [6.07, 6.45) is 6.27. The second-order valence-electron chi connectivity index (χ2n) is 6.04. The Balaban J connectivity index is 1.79. The monoisotopic (exact) mass is 311 g/mol. The number of rotatable bonds is 4.